The van der Waals surface area contributed by atoms with E-state index in [-0.39, 0.29) is 0 Å². The number of aromatic amines is 1. The van der Waals surface area contributed by atoms with Crippen molar-refractivity contribution >= 4 is 5.70 Å². The fourth-order valence-corrected chi connectivity index (χ4v) is 5.44. The molecule has 4 nitrogen and oxygen atoms in total. The molecule has 2 aromatic carbocycles. The van der Waals surface area contributed by atoms with Gasteiger partial charge in [-0.15, -0.1) is 0 Å². The first-order chi connectivity index (χ1) is 16.4. The predicted molar refractivity (Wildman–Crippen MR) is 141 cm³/mol. The molecule has 3 aromatic rings. The summed E-state index contributed by atoms with van der Waals surface area (Å²) in [6.07, 6.45) is 6.19. The second-order valence-corrected chi connectivity index (χ2v) is 10.7. The van der Waals surface area contributed by atoms with E-state index in [1.165, 1.54) is 65.5 Å². The van der Waals surface area contributed by atoms with Gasteiger partial charge in [0.15, 0.2) is 5.82 Å². The van der Waals surface area contributed by atoms with Gasteiger partial charge in [-0.05, 0) is 74.1 Å². The molecule has 0 spiro atoms. The highest BCUT2D eigenvalue weighted by Crippen LogP contribution is 2.43. The summed E-state index contributed by atoms with van der Waals surface area (Å²) < 4.78 is 0. The highest BCUT2D eigenvalue weighted by atomic mass is 15.2. The summed E-state index contributed by atoms with van der Waals surface area (Å²) in [6.45, 7) is 15.4. The molecule has 178 valence electrons. The van der Waals surface area contributed by atoms with Crippen molar-refractivity contribution in [2.45, 2.75) is 77.6 Å². The van der Waals surface area contributed by atoms with E-state index in [2.05, 4.69) is 85.8 Å². The summed E-state index contributed by atoms with van der Waals surface area (Å²) in [5.74, 6) is 3.39. The molecule has 1 aliphatic heterocycles. The maximum absolute atomic E-state index is 4.86. The molecule has 0 amide bonds. The molecule has 0 bridgehead atoms. The molecule has 1 saturated heterocycles. The molecular formula is C30H38N4. The number of nitrogens with zero attached hydrogens (tertiary/aromatic N) is 3. The maximum atomic E-state index is 4.86. The van der Waals surface area contributed by atoms with Crippen LogP contribution in [0.3, 0.4) is 0 Å². The molecule has 2 heterocycles. The van der Waals surface area contributed by atoms with Crippen LogP contribution in [0.25, 0.3) is 17.1 Å². The molecule has 4 heteroatoms. The normalized spacial score (nSPS) is 17.3. The average Bonchev–Trinajstić information content (AvgIpc) is 3.29. The van der Waals surface area contributed by atoms with Gasteiger partial charge in [0.2, 0.25) is 0 Å². The number of hydrogen-bond donors (Lipinski definition) is 1. The van der Waals surface area contributed by atoms with Crippen LogP contribution >= 0.6 is 0 Å². The molecule has 5 rings (SSSR count). The van der Waals surface area contributed by atoms with Crippen molar-refractivity contribution < 1.29 is 0 Å². The van der Waals surface area contributed by atoms with Crippen LogP contribution in [0, 0.1) is 13.8 Å². The number of aryl methyl sites for hydroxylation is 2. The summed E-state index contributed by atoms with van der Waals surface area (Å²) >= 11 is 0. The minimum atomic E-state index is 0.336. The zero-order chi connectivity index (χ0) is 23.8. The van der Waals surface area contributed by atoms with Gasteiger partial charge in [-0.1, -0.05) is 62.7 Å². The van der Waals surface area contributed by atoms with E-state index in [1.54, 1.807) is 0 Å². The van der Waals surface area contributed by atoms with Crippen LogP contribution in [-0.4, -0.2) is 33.2 Å². The highest BCUT2D eigenvalue weighted by Gasteiger charge is 2.27. The lowest BCUT2D eigenvalue weighted by molar-refractivity contribution is 0.299. The summed E-state index contributed by atoms with van der Waals surface area (Å²) in [6, 6.07) is 13.8. The van der Waals surface area contributed by atoms with E-state index in [1.807, 2.05) is 0 Å². The van der Waals surface area contributed by atoms with Gasteiger partial charge in [-0.2, -0.15) is 5.10 Å². The van der Waals surface area contributed by atoms with Crippen LogP contribution in [0.4, 0.5) is 0 Å². The van der Waals surface area contributed by atoms with Crippen molar-refractivity contribution in [3.63, 3.8) is 0 Å². The van der Waals surface area contributed by atoms with Gasteiger partial charge < -0.3 is 4.90 Å². The molecule has 1 N–H and O–H groups in total. The first kappa shape index (κ1) is 22.9. The number of likely N-dealkylation sites (tertiary alicyclic amines) is 1. The number of rotatable bonds is 6. The molecule has 2 aliphatic rings. The summed E-state index contributed by atoms with van der Waals surface area (Å²) in [5, 5.41) is 7.78. The minimum absolute atomic E-state index is 0.336. The van der Waals surface area contributed by atoms with E-state index < -0.39 is 0 Å². The molecule has 0 unspecified atom stereocenters. The fraction of sp³-hybridized carbons (Fsp3) is 0.467. The number of benzene rings is 2. The Balaban J connectivity index is 1.39. The molecule has 2 fully saturated rings. The Kier molecular flexibility index (Phi) is 6.33. The van der Waals surface area contributed by atoms with Gasteiger partial charge in [0.05, 0.1) is 0 Å². The van der Waals surface area contributed by atoms with E-state index in [9.17, 15) is 0 Å². The topological polar surface area (TPSA) is 44.8 Å². The number of piperidine rings is 1. The van der Waals surface area contributed by atoms with Gasteiger partial charge in [0.1, 0.15) is 5.82 Å². The van der Waals surface area contributed by atoms with Crippen molar-refractivity contribution in [2.75, 3.05) is 13.1 Å². The maximum Gasteiger partial charge on any atom is 0.181 e. The predicted octanol–water partition coefficient (Wildman–Crippen LogP) is 7.33. The van der Waals surface area contributed by atoms with Gasteiger partial charge in [0.25, 0.3) is 0 Å². The summed E-state index contributed by atoms with van der Waals surface area (Å²) in [7, 11) is 0. The van der Waals surface area contributed by atoms with Crippen LogP contribution in [0.15, 0.2) is 43.0 Å². The second-order valence-electron chi connectivity index (χ2n) is 10.7. The Bertz CT molecular complexity index is 1160. The Hall–Kier alpha value is -2.88. The number of aromatic nitrogens is 3. The quantitative estimate of drug-likeness (QED) is 0.424. The number of hydrogen-bond acceptors (Lipinski definition) is 3. The monoisotopic (exact) mass is 454 g/mol. The van der Waals surface area contributed by atoms with E-state index in [0.717, 1.165) is 30.4 Å². The Morgan fingerprint density at radius 1 is 1.00 bits per heavy atom. The zero-order valence-electron chi connectivity index (χ0n) is 21.2. The van der Waals surface area contributed by atoms with Crippen molar-refractivity contribution in [3.8, 4) is 11.4 Å². The van der Waals surface area contributed by atoms with Crippen LogP contribution in [0.2, 0.25) is 0 Å². The average molecular weight is 455 g/mol. The largest absolute Gasteiger partial charge is 0.371 e. The van der Waals surface area contributed by atoms with Crippen molar-refractivity contribution in [1.29, 1.82) is 0 Å². The Morgan fingerprint density at radius 2 is 1.71 bits per heavy atom. The zero-order valence-corrected chi connectivity index (χ0v) is 21.2. The van der Waals surface area contributed by atoms with Crippen molar-refractivity contribution in [3.05, 3.63) is 76.6 Å². The second kappa shape index (κ2) is 9.40. The van der Waals surface area contributed by atoms with Crippen LogP contribution in [-0.2, 0) is 0 Å². The van der Waals surface area contributed by atoms with Crippen molar-refractivity contribution in [2.24, 2.45) is 0 Å². The van der Waals surface area contributed by atoms with Crippen LogP contribution in [0.5, 0.6) is 0 Å². The standard InChI is InChI=1S/C30H38N4/c1-19(2)29-31-30(33-32-29)28-18-26(21(4)17-27(28)25-7-6-8-25)22(5)34-15-13-24(14-16-34)23-11-9-20(3)10-12-23/h9-12,17-19,24-25H,5-8,13-16H2,1-4H3,(H,31,32,33). The van der Waals surface area contributed by atoms with E-state index in [4.69, 9.17) is 4.98 Å². The van der Waals surface area contributed by atoms with Gasteiger partial charge in [0, 0.05) is 35.8 Å². The SMILES string of the molecule is C=C(c1cc(-c2n[nH]c(C(C)C)n2)c(C2CCC2)cc1C)N1CCC(c2ccc(C)cc2)CC1. The summed E-state index contributed by atoms with van der Waals surface area (Å²) in [5.41, 5.74) is 9.10. The van der Waals surface area contributed by atoms with E-state index in [0.29, 0.717) is 17.8 Å². The van der Waals surface area contributed by atoms with Gasteiger partial charge >= 0.3 is 0 Å². The van der Waals surface area contributed by atoms with E-state index >= 15 is 0 Å². The lowest BCUT2D eigenvalue weighted by Gasteiger charge is -2.36. The Labute approximate surface area is 204 Å². The fourth-order valence-electron chi connectivity index (χ4n) is 5.44. The number of H-pyrrole nitrogens is 1. The molecule has 0 radical (unpaired) electrons. The molecule has 0 atom stereocenters. The minimum Gasteiger partial charge on any atom is -0.371 e. The third-order valence-corrected chi connectivity index (χ3v) is 7.97. The third kappa shape index (κ3) is 4.43. The molecule has 1 aromatic heterocycles. The first-order valence-electron chi connectivity index (χ1n) is 13.0. The van der Waals surface area contributed by atoms with Crippen molar-refractivity contribution in [1.82, 2.24) is 20.1 Å². The lowest BCUT2D eigenvalue weighted by Crippen LogP contribution is -2.31. The highest BCUT2D eigenvalue weighted by molar-refractivity contribution is 5.73. The van der Waals surface area contributed by atoms with Gasteiger partial charge in [-0.3, -0.25) is 5.10 Å². The van der Waals surface area contributed by atoms with Crippen LogP contribution < -0.4 is 0 Å². The molecule has 1 saturated carbocycles. The first-order valence-corrected chi connectivity index (χ1v) is 13.0. The summed E-state index contributed by atoms with van der Waals surface area (Å²) in [4.78, 5) is 7.35. The van der Waals surface area contributed by atoms with Gasteiger partial charge in [-0.25, -0.2) is 4.98 Å². The molecule has 34 heavy (non-hydrogen) atoms. The third-order valence-electron chi connectivity index (χ3n) is 7.97. The molecular weight excluding hydrogens is 416 g/mol. The number of nitrogens with one attached hydrogen (secondary N) is 1. The lowest BCUT2D eigenvalue weighted by atomic mass is 9.77. The Morgan fingerprint density at radius 3 is 2.29 bits per heavy atom. The smallest absolute Gasteiger partial charge is 0.181 e. The molecule has 1 aliphatic carbocycles. The van der Waals surface area contributed by atoms with Crippen LogP contribution in [0.1, 0.15) is 97.3 Å².